The molecule has 1 atom stereocenters. The second-order valence-electron chi connectivity index (χ2n) is 8.03. The van der Waals surface area contributed by atoms with E-state index in [0.29, 0.717) is 11.1 Å². The van der Waals surface area contributed by atoms with Crippen LogP contribution >= 0.6 is 0 Å². The molecular weight excluding hydrogens is 437 g/mol. The van der Waals surface area contributed by atoms with Crippen LogP contribution in [0.5, 0.6) is 0 Å². The van der Waals surface area contributed by atoms with E-state index in [0.717, 1.165) is 22.8 Å². The van der Waals surface area contributed by atoms with Crippen molar-refractivity contribution in [2.75, 3.05) is 11.9 Å². The second kappa shape index (κ2) is 10.7. The highest BCUT2D eigenvalue weighted by atomic mass is 19.1. The van der Waals surface area contributed by atoms with E-state index in [1.165, 1.54) is 12.1 Å². The third kappa shape index (κ3) is 6.05. The number of benzene rings is 3. The fraction of sp³-hybridized carbons (Fsp3) is 0.192. The number of rotatable bonds is 8. The van der Waals surface area contributed by atoms with Crippen molar-refractivity contribution >= 4 is 23.5 Å². The van der Waals surface area contributed by atoms with E-state index in [4.69, 9.17) is 16.2 Å². The Morgan fingerprint density at radius 2 is 1.59 bits per heavy atom. The fourth-order valence-electron chi connectivity index (χ4n) is 3.56. The average molecular weight is 464 g/mol. The first kappa shape index (κ1) is 24.6. The van der Waals surface area contributed by atoms with Gasteiger partial charge in [-0.3, -0.25) is 9.59 Å². The van der Waals surface area contributed by atoms with Crippen LogP contribution in [-0.4, -0.2) is 24.3 Å². The summed E-state index contributed by atoms with van der Waals surface area (Å²) < 4.78 is 19.6. The van der Waals surface area contributed by atoms with Gasteiger partial charge in [0.05, 0.1) is 17.2 Å². The van der Waals surface area contributed by atoms with Crippen LogP contribution < -0.4 is 16.8 Å². The van der Waals surface area contributed by atoms with Gasteiger partial charge >= 0.3 is 5.97 Å². The predicted octanol–water partition coefficient (Wildman–Crippen LogP) is 3.58. The van der Waals surface area contributed by atoms with Crippen LogP contribution in [-0.2, 0) is 16.1 Å². The number of carbonyl (C=O) groups excluding carboxylic acids is 3. The molecule has 0 saturated heterocycles. The standard InChI is InChI=1S/C26H26FN3O4/c1-15-9-16(2)11-20(10-15)26(33)34-14-17-3-5-18(6-4-17)21(13-28)25(32)30-23-8-7-19(24(29)31)12-22(23)27/h3-12,21H,13-14,28H2,1-2H3,(H2,29,31)(H,30,32). The van der Waals surface area contributed by atoms with Crippen molar-refractivity contribution in [3.8, 4) is 0 Å². The van der Waals surface area contributed by atoms with Gasteiger partial charge < -0.3 is 21.5 Å². The van der Waals surface area contributed by atoms with Crippen molar-refractivity contribution in [3.05, 3.63) is 99.9 Å². The number of halogens is 1. The molecule has 1 unspecified atom stereocenters. The van der Waals surface area contributed by atoms with Gasteiger partial charge in [-0.2, -0.15) is 0 Å². The van der Waals surface area contributed by atoms with Crippen LogP contribution in [0.3, 0.4) is 0 Å². The van der Waals surface area contributed by atoms with Gasteiger partial charge in [0.2, 0.25) is 11.8 Å². The Bertz CT molecular complexity index is 1200. The zero-order valence-corrected chi connectivity index (χ0v) is 18.9. The number of primary amides is 1. The summed E-state index contributed by atoms with van der Waals surface area (Å²) in [5.41, 5.74) is 14.7. The van der Waals surface area contributed by atoms with E-state index >= 15 is 0 Å². The quantitative estimate of drug-likeness (QED) is 0.441. The maximum Gasteiger partial charge on any atom is 0.338 e. The van der Waals surface area contributed by atoms with Crippen molar-refractivity contribution in [3.63, 3.8) is 0 Å². The summed E-state index contributed by atoms with van der Waals surface area (Å²) in [5, 5.41) is 2.49. The smallest absolute Gasteiger partial charge is 0.338 e. The van der Waals surface area contributed by atoms with E-state index in [2.05, 4.69) is 5.32 Å². The SMILES string of the molecule is Cc1cc(C)cc(C(=O)OCc2ccc(C(CN)C(=O)Nc3ccc(C(N)=O)cc3F)cc2)c1. The number of nitrogens with one attached hydrogen (secondary N) is 1. The molecular formula is C26H26FN3O4. The molecule has 0 aliphatic heterocycles. The second-order valence-corrected chi connectivity index (χ2v) is 8.03. The molecule has 34 heavy (non-hydrogen) atoms. The number of ether oxygens (including phenoxy) is 1. The lowest BCUT2D eigenvalue weighted by molar-refractivity contribution is -0.117. The number of hydrogen-bond acceptors (Lipinski definition) is 5. The first-order valence-corrected chi connectivity index (χ1v) is 10.6. The number of nitrogens with two attached hydrogens (primary N) is 2. The molecule has 176 valence electrons. The molecule has 0 heterocycles. The highest BCUT2D eigenvalue weighted by Gasteiger charge is 2.21. The largest absolute Gasteiger partial charge is 0.457 e. The molecule has 3 aromatic rings. The summed E-state index contributed by atoms with van der Waals surface area (Å²) in [6.07, 6.45) is 0. The molecule has 0 bridgehead atoms. The third-order valence-electron chi connectivity index (χ3n) is 5.27. The van der Waals surface area contributed by atoms with Crippen molar-refractivity contribution in [2.24, 2.45) is 11.5 Å². The van der Waals surface area contributed by atoms with E-state index in [1.807, 2.05) is 19.9 Å². The van der Waals surface area contributed by atoms with Crippen LogP contribution in [0.15, 0.2) is 60.7 Å². The number of esters is 1. The summed E-state index contributed by atoms with van der Waals surface area (Å²) in [4.78, 5) is 36.2. The molecule has 7 nitrogen and oxygen atoms in total. The molecule has 5 N–H and O–H groups in total. The zero-order valence-electron chi connectivity index (χ0n) is 18.9. The minimum Gasteiger partial charge on any atom is -0.457 e. The Balaban J connectivity index is 1.64. The van der Waals surface area contributed by atoms with Crippen molar-refractivity contribution in [1.29, 1.82) is 0 Å². The van der Waals surface area contributed by atoms with Gasteiger partial charge in [-0.1, -0.05) is 41.5 Å². The average Bonchev–Trinajstić information content (AvgIpc) is 2.79. The zero-order chi connectivity index (χ0) is 24.8. The van der Waals surface area contributed by atoms with E-state index in [-0.39, 0.29) is 24.4 Å². The minimum atomic E-state index is -0.776. The first-order valence-electron chi connectivity index (χ1n) is 10.6. The fourth-order valence-corrected chi connectivity index (χ4v) is 3.56. The lowest BCUT2D eigenvalue weighted by Gasteiger charge is -2.16. The van der Waals surface area contributed by atoms with Gasteiger partial charge in [0.1, 0.15) is 12.4 Å². The summed E-state index contributed by atoms with van der Waals surface area (Å²) >= 11 is 0. The van der Waals surface area contributed by atoms with Crippen LogP contribution in [0, 0.1) is 19.7 Å². The molecule has 0 fully saturated rings. The van der Waals surface area contributed by atoms with Gasteiger partial charge in [0.25, 0.3) is 0 Å². The van der Waals surface area contributed by atoms with Crippen LogP contribution in [0.25, 0.3) is 0 Å². The van der Waals surface area contributed by atoms with Crippen molar-refractivity contribution < 1.29 is 23.5 Å². The Morgan fingerprint density at radius 1 is 0.941 bits per heavy atom. The highest BCUT2D eigenvalue weighted by molar-refractivity contribution is 5.97. The Kier molecular flexibility index (Phi) is 7.75. The Hall–Kier alpha value is -4.04. The molecule has 8 heteroatoms. The molecule has 2 amide bonds. The molecule has 0 aliphatic rings. The summed E-state index contributed by atoms with van der Waals surface area (Å²) in [7, 11) is 0. The summed E-state index contributed by atoms with van der Waals surface area (Å²) in [6, 6.07) is 16.0. The van der Waals surface area contributed by atoms with E-state index in [9.17, 15) is 18.8 Å². The maximum atomic E-state index is 14.2. The predicted molar refractivity (Wildman–Crippen MR) is 127 cm³/mol. The molecule has 0 spiro atoms. The van der Waals surface area contributed by atoms with Crippen LogP contribution in [0.2, 0.25) is 0 Å². The van der Waals surface area contributed by atoms with Gasteiger partial charge in [-0.15, -0.1) is 0 Å². The number of carbonyl (C=O) groups is 3. The van der Waals surface area contributed by atoms with Crippen molar-refractivity contribution in [1.82, 2.24) is 0 Å². The lowest BCUT2D eigenvalue weighted by Crippen LogP contribution is -2.27. The summed E-state index contributed by atoms with van der Waals surface area (Å²) in [6.45, 7) is 3.89. The van der Waals surface area contributed by atoms with E-state index < -0.39 is 29.5 Å². The molecule has 3 rings (SSSR count). The summed E-state index contributed by atoms with van der Waals surface area (Å²) in [5.74, 6) is -3.19. The molecule has 0 aromatic heterocycles. The monoisotopic (exact) mass is 463 g/mol. The number of amides is 2. The highest BCUT2D eigenvalue weighted by Crippen LogP contribution is 2.21. The van der Waals surface area contributed by atoms with Gasteiger partial charge in [-0.25, -0.2) is 9.18 Å². The molecule has 3 aromatic carbocycles. The Morgan fingerprint density at radius 3 is 2.15 bits per heavy atom. The maximum absolute atomic E-state index is 14.2. The minimum absolute atomic E-state index is 0.000281. The topological polar surface area (TPSA) is 125 Å². The van der Waals surface area contributed by atoms with Crippen LogP contribution in [0.4, 0.5) is 10.1 Å². The van der Waals surface area contributed by atoms with Gasteiger partial charge in [0, 0.05) is 12.1 Å². The van der Waals surface area contributed by atoms with Crippen molar-refractivity contribution in [2.45, 2.75) is 26.4 Å². The molecule has 0 aliphatic carbocycles. The lowest BCUT2D eigenvalue weighted by atomic mass is 9.97. The number of aryl methyl sites for hydroxylation is 2. The third-order valence-corrected chi connectivity index (χ3v) is 5.27. The van der Waals surface area contributed by atoms with Gasteiger partial charge in [-0.05, 0) is 55.3 Å². The Labute approximate surface area is 196 Å². The number of hydrogen-bond donors (Lipinski definition) is 3. The normalized spacial score (nSPS) is 11.5. The molecule has 0 saturated carbocycles. The van der Waals surface area contributed by atoms with Crippen LogP contribution in [0.1, 0.15) is 48.9 Å². The first-order chi connectivity index (χ1) is 16.2. The number of anilines is 1. The van der Waals surface area contributed by atoms with Gasteiger partial charge in [0.15, 0.2) is 0 Å². The van der Waals surface area contributed by atoms with E-state index in [1.54, 1.807) is 36.4 Å². The molecule has 0 radical (unpaired) electrons.